The maximum atomic E-state index is 10.7. The summed E-state index contributed by atoms with van der Waals surface area (Å²) in [6.07, 6.45) is -2.95. The summed E-state index contributed by atoms with van der Waals surface area (Å²) in [6, 6.07) is -2.35. The van der Waals surface area contributed by atoms with Crippen LogP contribution in [0.25, 0.3) is 0 Å². The fourth-order valence-corrected chi connectivity index (χ4v) is 0. The second-order valence-electron chi connectivity index (χ2n) is 0.640. The predicted molar refractivity (Wildman–Crippen MR) is 13.2 cm³/mol. The van der Waals surface area contributed by atoms with E-state index in [-0.39, 0.29) is 0 Å². The molecule has 0 aromatic rings. The molecule has 0 aliphatic heterocycles. The number of hydrogen-bond acceptors (Lipinski definition) is 2. The fourth-order valence-electron chi connectivity index (χ4n) is 0. The molecule has 1 atom stereocenters. The summed E-state index contributed by atoms with van der Waals surface area (Å²) in [5.41, 5.74) is 0. The molecule has 0 heterocycles. The van der Waals surface area contributed by atoms with Crippen molar-refractivity contribution in [1.82, 2.24) is 0 Å². The van der Waals surface area contributed by atoms with E-state index in [2.05, 4.69) is 0 Å². The summed E-state index contributed by atoms with van der Waals surface area (Å²) in [5, 5.41) is 7.24. The van der Waals surface area contributed by atoms with Gasteiger partial charge in [0.1, 0.15) is 0 Å². The Hall–Kier alpha value is -0.510. The van der Waals surface area contributed by atoms with Gasteiger partial charge in [0.15, 0.2) is 0 Å². The zero-order valence-electron chi connectivity index (χ0n) is 2.69. The van der Waals surface area contributed by atoms with Crippen LogP contribution in [0.3, 0.4) is 0 Å². The summed E-state index contributed by atoms with van der Waals surface area (Å²) >= 11 is 0. The lowest BCUT2D eigenvalue weighted by Crippen LogP contribution is -2.06. The van der Waals surface area contributed by atoms with Crippen LogP contribution in [0, 0.1) is 0 Å². The lowest BCUT2D eigenvalue weighted by molar-refractivity contribution is -0.147. The molecule has 0 rings (SSSR count). The number of hydrogen-bond donors (Lipinski definition) is 1. The zero-order chi connectivity index (χ0) is 5.15. The van der Waals surface area contributed by atoms with Crippen molar-refractivity contribution >= 4 is 6.04 Å². The van der Waals surface area contributed by atoms with Crippen molar-refractivity contribution in [2.45, 2.75) is 6.36 Å². The summed E-state index contributed by atoms with van der Waals surface area (Å²) in [5.74, 6) is 0. The van der Waals surface area contributed by atoms with Crippen molar-refractivity contribution in [2.24, 2.45) is 0 Å². The van der Waals surface area contributed by atoms with E-state index in [1.807, 2.05) is 0 Å². The Morgan fingerprint density at radius 3 is 2.00 bits per heavy atom. The van der Waals surface area contributed by atoms with Gasteiger partial charge in [0.05, 0.1) is 0 Å². The standard InChI is InChI=1S/C2H2F2O2/c3-1(5)2(4)6/h1,5H. The van der Waals surface area contributed by atoms with Crippen LogP contribution >= 0.6 is 0 Å². The van der Waals surface area contributed by atoms with Crippen LogP contribution in [0.5, 0.6) is 0 Å². The topological polar surface area (TPSA) is 37.3 Å². The van der Waals surface area contributed by atoms with Gasteiger partial charge in [-0.15, -0.1) is 0 Å². The first kappa shape index (κ1) is 5.49. The number of alkyl halides is 1. The maximum Gasteiger partial charge on any atom is 0.362 e. The fraction of sp³-hybridized carbons (Fsp3) is 0.500. The van der Waals surface area contributed by atoms with Gasteiger partial charge >= 0.3 is 6.04 Å². The maximum absolute atomic E-state index is 10.7. The number of aliphatic hydroxyl groups excluding tert-OH is 1. The van der Waals surface area contributed by atoms with Crippen molar-refractivity contribution in [1.29, 1.82) is 0 Å². The van der Waals surface area contributed by atoms with Crippen molar-refractivity contribution in [2.75, 3.05) is 0 Å². The molecule has 1 N–H and O–H groups in total. The molecular weight excluding hydrogens is 94.0 g/mol. The first-order valence-corrected chi connectivity index (χ1v) is 1.16. The Labute approximate surface area is 32.4 Å². The summed E-state index contributed by atoms with van der Waals surface area (Å²) in [6.45, 7) is 0. The van der Waals surface area contributed by atoms with Crippen molar-refractivity contribution < 1.29 is 18.7 Å². The normalized spacial score (nSPS) is 13.8. The van der Waals surface area contributed by atoms with Gasteiger partial charge in [0.2, 0.25) is 0 Å². The van der Waals surface area contributed by atoms with Crippen LogP contribution in [0.15, 0.2) is 0 Å². The quantitative estimate of drug-likeness (QED) is 0.458. The van der Waals surface area contributed by atoms with Gasteiger partial charge in [-0.05, 0) is 0 Å². The average Bonchev–Trinajstić information content (AvgIpc) is 1.36. The predicted octanol–water partition coefficient (Wildman–Crippen LogP) is -0.230. The highest BCUT2D eigenvalue weighted by atomic mass is 19.2. The minimum absolute atomic E-state index is 2.35. The molecule has 4 heteroatoms. The van der Waals surface area contributed by atoms with E-state index < -0.39 is 12.4 Å². The van der Waals surface area contributed by atoms with Crippen molar-refractivity contribution in [3.8, 4) is 0 Å². The van der Waals surface area contributed by atoms with Gasteiger partial charge in [0.25, 0.3) is 6.36 Å². The zero-order valence-corrected chi connectivity index (χ0v) is 2.69. The van der Waals surface area contributed by atoms with E-state index >= 15 is 0 Å². The first-order valence-electron chi connectivity index (χ1n) is 1.16. The van der Waals surface area contributed by atoms with E-state index in [1.54, 1.807) is 0 Å². The SMILES string of the molecule is O=C(F)C(O)F. The van der Waals surface area contributed by atoms with E-state index in [1.165, 1.54) is 0 Å². The molecule has 0 saturated heterocycles. The summed E-state index contributed by atoms with van der Waals surface area (Å²) in [7, 11) is 0. The second kappa shape index (κ2) is 1.81. The van der Waals surface area contributed by atoms with Gasteiger partial charge in [-0.25, -0.2) is 4.39 Å². The number of carbonyl (C=O) groups is 1. The molecule has 0 spiro atoms. The molecule has 6 heavy (non-hydrogen) atoms. The third kappa shape index (κ3) is 1.78. The number of aliphatic hydroxyl groups is 1. The largest absolute Gasteiger partial charge is 0.362 e. The van der Waals surface area contributed by atoms with Gasteiger partial charge in [-0.3, -0.25) is 4.79 Å². The van der Waals surface area contributed by atoms with Crippen LogP contribution in [-0.4, -0.2) is 17.5 Å². The highest BCUT2D eigenvalue weighted by Crippen LogP contribution is 1.84. The lowest BCUT2D eigenvalue weighted by atomic mass is 10.7. The van der Waals surface area contributed by atoms with Crippen LogP contribution < -0.4 is 0 Å². The third-order valence-electron chi connectivity index (χ3n) is 0.187. The molecule has 2 nitrogen and oxygen atoms in total. The van der Waals surface area contributed by atoms with Crippen LogP contribution in [0.1, 0.15) is 0 Å². The summed E-state index contributed by atoms with van der Waals surface area (Å²) < 4.78 is 21.2. The molecule has 0 radical (unpaired) electrons. The molecule has 36 valence electrons. The minimum atomic E-state index is -2.95. The van der Waals surface area contributed by atoms with Gasteiger partial charge in [0, 0.05) is 0 Å². The summed E-state index contributed by atoms with van der Waals surface area (Å²) in [4.78, 5) is 8.85. The van der Waals surface area contributed by atoms with Gasteiger partial charge in [-0.1, -0.05) is 0 Å². The average molecular weight is 96.0 g/mol. The van der Waals surface area contributed by atoms with E-state index in [0.29, 0.717) is 0 Å². The highest BCUT2D eigenvalue weighted by molar-refractivity contribution is 5.70. The van der Waals surface area contributed by atoms with E-state index in [0.717, 1.165) is 0 Å². The molecule has 0 fully saturated rings. The molecule has 1 unspecified atom stereocenters. The molecule has 0 aromatic heterocycles. The molecule has 0 aromatic carbocycles. The third-order valence-corrected chi connectivity index (χ3v) is 0.187. The molecule has 0 aliphatic rings. The molecule has 0 saturated carbocycles. The number of rotatable bonds is 1. The van der Waals surface area contributed by atoms with Gasteiger partial charge < -0.3 is 5.11 Å². The Morgan fingerprint density at radius 1 is 1.83 bits per heavy atom. The molecule has 0 bridgehead atoms. The van der Waals surface area contributed by atoms with Crippen LogP contribution in [0.4, 0.5) is 8.78 Å². The minimum Gasteiger partial charge on any atom is -0.356 e. The first-order chi connectivity index (χ1) is 2.64. The molecular formula is C2H2F2O2. The Kier molecular flexibility index (Phi) is 1.66. The highest BCUT2D eigenvalue weighted by Gasteiger charge is 2.08. The second-order valence-corrected chi connectivity index (χ2v) is 0.640. The van der Waals surface area contributed by atoms with Crippen LogP contribution in [0.2, 0.25) is 0 Å². The Morgan fingerprint density at radius 2 is 2.00 bits per heavy atom. The van der Waals surface area contributed by atoms with E-state index in [9.17, 15) is 8.78 Å². The molecule has 0 amide bonds. The Balaban J connectivity index is 3.26. The lowest BCUT2D eigenvalue weighted by Gasteiger charge is -1.81. The van der Waals surface area contributed by atoms with Crippen molar-refractivity contribution in [3.63, 3.8) is 0 Å². The van der Waals surface area contributed by atoms with Crippen molar-refractivity contribution in [3.05, 3.63) is 0 Å². The molecule has 0 aliphatic carbocycles. The number of carbonyl (C=O) groups excluding carboxylic acids is 1. The number of halogens is 2. The smallest absolute Gasteiger partial charge is 0.356 e. The van der Waals surface area contributed by atoms with E-state index in [4.69, 9.17) is 9.90 Å². The Bertz CT molecular complexity index is 60.6. The van der Waals surface area contributed by atoms with Gasteiger partial charge in [-0.2, -0.15) is 4.39 Å². The van der Waals surface area contributed by atoms with Crippen LogP contribution in [-0.2, 0) is 4.79 Å². The monoisotopic (exact) mass is 96.0 g/mol.